The molecule has 2 aromatic heterocycles. The first-order chi connectivity index (χ1) is 18.2. The molecule has 11 heteroatoms. The van der Waals surface area contributed by atoms with Crippen LogP contribution in [-0.2, 0) is 16.1 Å². The number of nitrogens with two attached hydrogens (primary N) is 1. The van der Waals surface area contributed by atoms with Crippen LogP contribution in [0.15, 0.2) is 60.8 Å². The highest BCUT2D eigenvalue weighted by molar-refractivity contribution is 6.04. The van der Waals surface area contributed by atoms with Crippen LogP contribution in [0.2, 0.25) is 0 Å². The van der Waals surface area contributed by atoms with E-state index < -0.39 is 42.7 Å². The van der Waals surface area contributed by atoms with Crippen molar-refractivity contribution in [1.82, 2.24) is 19.7 Å². The van der Waals surface area contributed by atoms with E-state index in [0.717, 1.165) is 5.56 Å². The Morgan fingerprint density at radius 3 is 2.61 bits per heavy atom. The highest BCUT2D eigenvalue weighted by Crippen LogP contribution is 2.28. The molecule has 4 rings (SSSR count). The van der Waals surface area contributed by atoms with Crippen LogP contribution < -0.4 is 11.1 Å². The summed E-state index contributed by atoms with van der Waals surface area (Å²) in [5, 5.41) is 16.9. The predicted molar refractivity (Wildman–Crippen MR) is 140 cm³/mol. The third-order valence-corrected chi connectivity index (χ3v) is 6.14. The normalized spacial score (nSPS) is 11.8. The van der Waals surface area contributed by atoms with E-state index in [2.05, 4.69) is 15.4 Å². The number of hydrogen-bond donors (Lipinski definition) is 3. The smallest absolute Gasteiger partial charge is 0.269 e. The van der Waals surface area contributed by atoms with Crippen molar-refractivity contribution in [1.29, 1.82) is 0 Å². The Hall–Kier alpha value is -4.64. The minimum Gasteiger partial charge on any atom is -0.394 e. The predicted octanol–water partition coefficient (Wildman–Crippen LogP) is 2.49. The van der Waals surface area contributed by atoms with Gasteiger partial charge in [0.1, 0.15) is 13.1 Å². The molecule has 0 saturated heterocycles. The van der Waals surface area contributed by atoms with Crippen molar-refractivity contribution in [2.75, 3.05) is 18.5 Å². The van der Waals surface area contributed by atoms with E-state index in [1.54, 1.807) is 55.6 Å². The lowest BCUT2D eigenvalue weighted by atomic mass is 10.1. The summed E-state index contributed by atoms with van der Waals surface area (Å²) >= 11 is 0. The van der Waals surface area contributed by atoms with Crippen LogP contribution in [0.5, 0.6) is 0 Å². The van der Waals surface area contributed by atoms with Gasteiger partial charge in [-0.05, 0) is 43.7 Å². The van der Waals surface area contributed by atoms with Crippen molar-refractivity contribution in [3.63, 3.8) is 0 Å². The molecule has 0 fully saturated rings. The second kappa shape index (κ2) is 11.2. The van der Waals surface area contributed by atoms with Gasteiger partial charge in [-0.15, -0.1) is 0 Å². The molecule has 0 unspecified atom stereocenters. The van der Waals surface area contributed by atoms with E-state index in [0.29, 0.717) is 16.6 Å². The Morgan fingerprint density at radius 1 is 1.13 bits per heavy atom. The second-order valence-electron chi connectivity index (χ2n) is 8.83. The maximum absolute atomic E-state index is 15.3. The van der Waals surface area contributed by atoms with Crippen LogP contribution >= 0.6 is 0 Å². The van der Waals surface area contributed by atoms with Crippen LogP contribution in [0.1, 0.15) is 23.0 Å². The number of para-hydroxylation sites is 1. The summed E-state index contributed by atoms with van der Waals surface area (Å²) in [4.78, 5) is 43.4. The van der Waals surface area contributed by atoms with Crippen molar-refractivity contribution >= 4 is 34.3 Å². The van der Waals surface area contributed by atoms with Crippen molar-refractivity contribution in [3.8, 4) is 11.3 Å². The lowest BCUT2D eigenvalue weighted by Gasteiger charge is -2.27. The molecule has 2 heterocycles. The second-order valence-corrected chi connectivity index (χ2v) is 8.83. The number of aryl methyl sites for hydroxylation is 1. The number of halogens is 1. The van der Waals surface area contributed by atoms with Crippen LogP contribution in [0.3, 0.4) is 0 Å². The molecule has 38 heavy (non-hydrogen) atoms. The Balaban J connectivity index is 1.55. The number of primary amides is 1. The fourth-order valence-corrected chi connectivity index (χ4v) is 4.16. The topological polar surface area (TPSA) is 143 Å². The molecule has 2 aromatic carbocycles. The van der Waals surface area contributed by atoms with Gasteiger partial charge in [0.25, 0.3) is 5.91 Å². The number of benzene rings is 2. The van der Waals surface area contributed by atoms with Crippen LogP contribution in [0.25, 0.3) is 22.2 Å². The third kappa shape index (κ3) is 5.37. The minimum absolute atomic E-state index is 0.0198. The van der Waals surface area contributed by atoms with Crippen molar-refractivity contribution in [2.45, 2.75) is 26.4 Å². The Kier molecular flexibility index (Phi) is 7.77. The SMILES string of the molecule is Cc1cccnc1-c1cccc(NC(=O)CN(C(=O)Cn2nc(C(N)=O)c3ccccc32)[C@H](C)CO)c1F. The molecular weight excluding hydrogens is 491 g/mol. The first-order valence-corrected chi connectivity index (χ1v) is 11.9. The van der Waals surface area contributed by atoms with Crippen LogP contribution in [0, 0.1) is 12.7 Å². The van der Waals surface area contributed by atoms with E-state index in [4.69, 9.17) is 5.73 Å². The van der Waals surface area contributed by atoms with Gasteiger partial charge in [0.15, 0.2) is 11.5 Å². The number of nitrogens with zero attached hydrogens (tertiary/aromatic N) is 4. The molecule has 1 atom stereocenters. The summed E-state index contributed by atoms with van der Waals surface area (Å²) in [6.45, 7) is 2.21. The van der Waals surface area contributed by atoms with Crippen molar-refractivity contribution in [2.24, 2.45) is 5.73 Å². The average molecular weight is 519 g/mol. The molecular formula is C27H27FN6O4. The molecule has 196 valence electrons. The molecule has 10 nitrogen and oxygen atoms in total. The summed E-state index contributed by atoms with van der Waals surface area (Å²) in [5.41, 5.74) is 7.35. The van der Waals surface area contributed by atoms with E-state index >= 15 is 4.39 Å². The summed E-state index contributed by atoms with van der Waals surface area (Å²) in [6, 6.07) is 14.2. The van der Waals surface area contributed by atoms with Gasteiger partial charge in [0.05, 0.1) is 29.5 Å². The number of carbonyl (C=O) groups is 3. The number of aromatic nitrogens is 3. The summed E-state index contributed by atoms with van der Waals surface area (Å²) in [6.07, 6.45) is 1.56. The Bertz CT molecular complexity index is 1520. The molecule has 0 saturated carbocycles. The highest BCUT2D eigenvalue weighted by Gasteiger charge is 2.25. The molecule has 0 spiro atoms. The maximum atomic E-state index is 15.3. The zero-order valence-corrected chi connectivity index (χ0v) is 20.9. The third-order valence-electron chi connectivity index (χ3n) is 6.14. The Labute approximate surface area is 217 Å². The number of aliphatic hydroxyl groups is 1. The number of pyridine rings is 1. The summed E-state index contributed by atoms with van der Waals surface area (Å²) < 4.78 is 16.6. The summed E-state index contributed by atoms with van der Waals surface area (Å²) in [5.74, 6) is -2.59. The van der Waals surface area contributed by atoms with Gasteiger partial charge in [-0.3, -0.25) is 24.0 Å². The van der Waals surface area contributed by atoms with Crippen molar-refractivity contribution < 1.29 is 23.9 Å². The number of hydrogen-bond acceptors (Lipinski definition) is 6. The Morgan fingerprint density at radius 2 is 1.89 bits per heavy atom. The molecule has 0 radical (unpaired) electrons. The van der Waals surface area contributed by atoms with Gasteiger partial charge >= 0.3 is 0 Å². The fourth-order valence-electron chi connectivity index (χ4n) is 4.16. The van der Waals surface area contributed by atoms with Crippen molar-refractivity contribution in [3.05, 3.63) is 77.9 Å². The van der Waals surface area contributed by atoms with E-state index in [-0.39, 0.29) is 23.5 Å². The number of fused-ring (bicyclic) bond motifs is 1. The van der Waals surface area contributed by atoms with Gasteiger partial charge in [0, 0.05) is 17.1 Å². The van der Waals surface area contributed by atoms with E-state index in [9.17, 15) is 19.5 Å². The lowest BCUT2D eigenvalue weighted by Crippen LogP contribution is -2.46. The molecule has 4 N–H and O–H groups in total. The summed E-state index contributed by atoms with van der Waals surface area (Å²) in [7, 11) is 0. The zero-order chi connectivity index (χ0) is 27.4. The number of nitrogens with one attached hydrogen (secondary N) is 1. The molecule has 0 bridgehead atoms. The van der Waals surface area contributed by atoms with Gasteiger partial charge in [-0.2, -0.15) is 5.10 Å². The number of aliphatic hydroxyl groups excluding tert-OH is 1. The van der Waals surface area contributed by atoms with E-state index in [1.807, 2.05) is 13.0 Å². The molecule has 0 aliphatic rings. The molecule has 0 aliphatic carbocycles. The van der Waals surface area contributed by atoms with Gasteiger partial charge in [-0.25, -0.2) is 4.39 Å². The lowest BCUT2D eigenvalue weighted by molar-refractivity contribution is -0.138. The largest absolute Gasteiger partial charge is 0.394 e. The fraction of sp³-hybridized carbons (Fsp3) is 0.222. The number of carbonyl (C=O) groups excluding carboxylic acids is 3. The first-order valence-electron chi connectivity index (χ1n) is 11.9. The minimum atomic E-state index is -0.738. The maximum Gasteiger partial charge on any atom is 0.269 e. The first kappa shape index (κ1) is 26.4. The highest BCUT2D eigenvalue weighted by atomic mass is 19.1. The molecule has 0 aliphatic heterocycles. The quantitative estimate of drug-likeness (QED) is 0.311. The number of anilines is 1. The monoisotopic (exact) mass is 518 g/mol. The number of rotatable bonds is 9. The zero-order valence-electron chi connectivity index (χ0n) is 20.9. The molecule has 3 amide bonds. The van der Waals surface area contributed by atoms with Gasteiger partial charge < -0.3 is 21.1 Å². The standard InChI is InChI=1S/C27H27FN6O4/c1-16-7-6-12-30-25(16)19-9-5-10-20(24(19)28)31-22(36)13-33(17(2)15-35)23(37)14-34-21-11-4-3-8-18(21)26(32-34)27(29)38/h3-12,17,35H,13-15H2,1-2H3,(H2,29,38)(H,31,36)/t17-/m1/s1. The van der Waals surface area contributed by atoms with E-state index in [1.165, 1.54) is 15.6 Å². The molecule has 4 aromatic rings. The van der Waals surface area contributed by atoms with Crippen LogP contribution in [-0.4, -0.2) is 61.7 Å². The van der Waals surface area contributed by atoms with Gasteiger partial charge in [0.2, 0.25) is 11.8 Å². The van der Waals surface area contributed by atoms with Crippen LogP contribution in [0.4, 0.5) is 10.1 Å². The average Bonchev–Trinajstić information content (AvgIpc) is 3.27. The van der Waals surface area contributed by atoms with Gasteiger partial charge in [-0.1, -0.05) is 30.3 Å². The number of amides is 3.